The highest BCUT2D eigenvalue weighted by Gasteiger charge is 2.13. The Morgan fingerprint density at radius 2 is 1.85 bits per heavy atom. The number of aromatic nitrogens is 1. The number of ether oxygens (including phenoxy) is 1. The number of rotatable bonds is 11. The van der Waals surface area contributed by atoms with Crippen LogP contribution in [0, 0.1) is 13.8 Å². The number of nitrogens with one attached hydrogen (secondary N) is 1. The van der Waals surface area contributed by atoms with Gasteiger partial charge in [-0.15, -0.1) is 13.2 Å². The van der Waals surface area contributed by atoms with Crippen LogP contribution in [0.2, 0.25) is 0 Å². The number of benzene rings is 1. The lowest BCUT2D eigenvalue weighted by Crippen LogP contribution is -2.29. The van der Waals surface area contributed by atoms with Gasteiger partial charge in [-0.1, -0.05) is 24.3 Å². The van der Waals surface area contributed by atoms with Gasteiger partial charge in [0.1, 0.15) is 11.5 Å². The van der Waals surface area contributed by atoms with Gasteiger partial charge in [-0.3, -0.25) is 0 Å². The zero-order valence-electron chi connectivity index (χ0n) is 16.1. The van der Waals surface area contributed by atoms with Crippen LogP contribution in [-0.2, 0) is 6.42 Å². The molecule has 2 rings (SSSR count). The Bertz CT molecular complexity index is 703. The maximum absolute atomic E-state index is 5.85. The number of hydrogen-bond acceptors (Lipinski definition) is 4. The van der Waals surface area contributed by atoms with E-state index in [4.69, 9.17) is 9.15 Å². The molecule has 0 saturated carbocycles. The minimum atomic E-state index is 0.247. The fourth-order valence-electron chi connectivity index (χ4n) is 2.99. The van der Waals surface area contributed by atoms with Crippen molar-refractivity contribution < 1.29 is 9.15 Å². The van der Waals surface area contributed by atoms with Crippen molar-refractivity contribution in [1.82, 2.24) is 10.3 Å². The molecule has 2 unspecified atom stereocenters. The Kier molecular flexibility index (Phi) is 7.67. The van der Waals surface area contributed by atoms with Gasteiger partial charge in [0, 0.05) is 25.4 Å². The van der Waals surface area contributed by atoms with Crippen LogP contribution in [0.15, 0.2) is 54.0 Å². The summed E-state index contributed by atoms with van der Waals surface area (Å²) in [5.41, 5.74) is 2.20. The van der Waals surface area contributed by atoms with Crippen LogP contribution < -0.4 is 10.1 Å². The molecule has 1 N–H and O–H groups in total. The SMILES string of the molecule is C=CCC(C)NC(CC=C)c1ccc(OCCc2nc(C)oc2C)cc1. The zero-order chi connectivity index (χ0) is 18.9. The molecule has 0 bridgehead atoms. The van der Waals surface area contributed by atoms with Crippen LogP contribution >= 0.6 is 0 Å². The van der Waals surface area contributed by atoms with Crippen LogP contribution in [0.5, 0.6) is 5.75 Å². The predicted octanol–water partition coefficient (Wildman–Crippen LogP) is 5.08. The first-order chi connectivity index (χ1) is 12.5. The lowest BCUT2D eigenvalue weighted by atomic mass is 10.0. The highest BCUT2D eigenvalue weighted by atomic mass is 16.5. The normalized spacial score (nSPS) is 13.2. The fourth-order valence-corrected chi connectivity index (χ4v) is 2.99. The fraction of sp³-hybridized carbons (Fsp3) is 0.409. The van der Waals surface area contributed by atoms with Crippen molar-refractivity contribution >= 4 is 0 Å². The molecule has 1 aromatic heterocycles. The van der Waals surface area contributed by atoms with Gasteiger partial charge in [0.25, 0.3) is 0 Å². The summed E-state index contributed by atoms with van der Waals surface area (Å²) in [5.74, 6) is 2.44. The van der Waals surface area contributed by atoms with E-state index in [1.807, 2.05) is 38.1 Å². The molecule has 0 amide bonds. The van der Waals surface area contributed by atoms with Crippen LogP contribution in [0.25, 0.3) is 0 Å². The molecule has 140 valence electrons. The summed E-state index contributed by atoms with van der Waals surface area (Å²) in [6.07, 6.45) is 6.45. The van der Waals surface area contributed by atoms with Crippen molar-refractivity contribution in [3.8, 4) is 5.75 Å². The average molecular weight is 354 g/mol. The van der Waals surface area contributed by atoms with Crippen LogP contribution in [0.4, 0.5) is 0 Å². The molecule has 1 heterocycles. The molecule has 2 atom stereocenters. The Balaban J connectivity index is 1.91. The van der Waals surface area contributed by atoms with Gasteiger partial charge >= 0.3 is 0 Å². The molecule has 1 aromatic carbocycles. The molecule has 4 heteroatoms. The van der Waals surface area contributed by atoms with Gasteiger partial charge in [0.05, 0.1) is 12.3 Å². The predicted molar refractivity (Wildman–Crippen MR) is 107 cm³/mol. The third-order valence-corrected chi connectivity index (χ3v) is 4.30. The zero-order valence-corrected chi connectivity index (χ0v) is 16.1. The highest BCUT2D eigenvalue weighted by Crippen LogP contribution is 2.22. The quantitative estimate of drug-likeness (QED) is 0.571. The minimum Gasteiger partial charge on any atom is -0.493 e. The second kappa shape index (κ2) is 9.97. The van der Waals surface area contributed by atoms with E-state index in [0.29, 0.717) is 18.5 Å². The van der Waals surface area contributed by atoms with Crippen LogP contribution in [0.3, 0.4) is 0 Å². The number of nitrogens with zero attached hydrogens (tertiary/aromatic N) is 1. The largest absolute Gasteiger partial charge is 0.493 e. The molecule has 4 nitrogen and oxygen atoms in total. The molecule has 0 aliphatic carbocycles. The lowest BCUT2D eigenvalue weighted by Gasteiger charge is -2.22. The maximum Gasteiger partial charge on any atom is 0.191 e. The molecule has 0 fully saturated rings. The first-order valence-corrected chi connectivity index (χ1v) is 9.17. The van der Waals surface area contributed by atoms with Crippen molar-refractivity contribution in [2.75, 3.05) is 6.61 Å². The second-order valence-corrected chi connectivity index (χ2v) is 6.57. The summed E-state index contributed by atoms with van der Waals surface area (Å²) < 4.78 is 11.3. The van der Waals surface area contributed by atoms with E-state index in [0.717, 1.165) is 36.5 Å². The van der Waals surface area contributed by atoms with Crippen molar-refractivity contribution in [3.05, 3.63) is 72.5 Å². The Labute approximate surface area is 157 Å². The average Bonchev–Trinajstić information content (AvgIpc) is 2.93. The van der Waals surface area contributed by atoms with Gasteiger partial charge in [-0.2, -0.15) is 0 Å². The summed E-state index contributed by atoms with van der Waals surface area (Å²) in [5, 5.41) is 3.63. The van der Waals surface area contributed by atoms with Gasteiger partial charge in [0.2, 0.25) is 0 Å². The van der Waals surface area contributed by atoms with Crippen LogP contribution in [0.1, 0.15) is 48.7 Å². The Morgan fingerprint density at radius 3 is 2.42 bits per heavy atom. The molecular weight excluding hydrogens is 324 g/mol. The van der Waals surface area contributed by atoms with E-state index in [-0.39, 0.29) is 6.04 Å². The molecular formula is C22H30N2O2. The van der Waals surface area contributed by atoms with E-state index in [1.54, 1.807) is 0 Å². The first kappa shape index (κ1) is 20.0. The van der Waals surface area contributed by atoms with E-state index in [2.05, 4.69) is 42.5 Å². The third kappa shape index (κ3) is 5.88. The second-order valence-electron chi connectivity index (χ2n) is 6.57. The lowest BCUT2D eigenvalue weighted by molar-refractivity contribution is 0.319. The van der Waals surface area contributed by atoms with Crippen molar-refractivity contribution in [3.63, 3.8) is 0 Å². The minimum absolute atomic E-state index is 0.247. The smallest absolute Gasteiger partial charge is 0.191 e. The summed E-state index contributed by atoms with van der Waals surface area (Å²) in [4.78, 5) is 4.37. The van der Waals surface area contributed by atoms with Crippen molar-refractivity contribution in [2.24, 2.45) is 0 Å². The van der Waals surface area contributed by atoms with Crippen molar-refractivity contribution in [2.45, 2.75) is 52.1 Å². The van der Waals surface area contributed by atoms with E-state index < -0.39 is 0 Å². The van der Waals surface area contributed by atoms with Gasteiger partial charge in [-0.05, 0) is 44.4 Å². The Hall–Kier alpha value is -2.33. The first-order valence-electron chi connectivity index (χ1n) is 9.17. The molecule has 0 radical (unpaired) electrons. The van der Waals surface area contributed by atoms with E-state index in [1.165, 1.54) is 5.56 Å². The molecule has 0 spiro atoms. The molecule has 2 aromatic rings. The molecule has 0 aliphatic heterocycles. The number of hydrogen-bond donors (Lipinski definition) is 1. The topological polar surface area (TPSA) is 47.3 Å². The highest BCUT2D eigenvalue weighted by molar-refractivity contribution is 5.29. The summed E-state index contributed by atoms with van der Waals surface area (Å²) in [7, 11) is 0. The molecule has 26 heavy (non-hydrogen) atoms. The maximum atomic E-state index is 5.85. The Morgan fingerprint density at radius 1 is 1.15 bits per heavy atom. The summed E-state index contributed by atoms with van der Waals surface area (Å²) in [6, 6.07) is 8.89. The number of aryl methyl sites for hydroxylation is 2. The molecule has 0 aliphatic rings. The third-order valence-electron chi connectivity index (χ3n) is 4.30. The van der Waals surface area contributed by atoms with Gasteiger partial charge in [-0.25, -0.2) is 4.98 Å². The van der Waals surface area contributed by atoms with Gasteiger partial charge in [0.15, 0.2) is 5.89 Å². The van der Waals surface area contributed by atoms with Crippen LogP contribution in [-0.4, -0.2) is 17.6 Å². The number of oxazole rings is 1. The standard InChI is InChI=1S/C22H30N2O2/c1-6-8-16(3)23-22(9-7-2)19-10-12-20(13-11-19)25-15-14-21-17(4)26-18(5)24-21/h6-7,10-13,16,22-23H,1-2,8-9,14-15H2,3-5H3. The van der Waals surface area contributed by atoms with Crippen molar-refractivity contribution in [1.29, 1.82) is 0 Å². The van der Waals surface area contributed by atoms with E-state index in [9.17, 15) is 0 Å². The van der Waals surface area contributed by atoms with E-state index >= 15 is 0 Å². The summed E-state index contributed by atoms with van der Waals surface area (Å²) >= 11 is 0. The molecule has 0 saturated heterocycles. The van der Waals surface area contributed by atoms with Gasteiger partial charge < -0.3 is 14.5 Å². The summed E-state index contributed by atoms with van der Waals surface area (Å²) in [6.45, 7) is 14.2. The monoisotopic (exact) mass is 354 g/mol.